The van der Waals surface area contributed by atoms with Gasteiger partial charge in [0.05, 0.1) is 10.9 Å². The molecule has 1 unspecified atom stereocenters. The first kappa shape index (κ1) is 19.6. The maximum atomic E-state index is 13.1. The molecule has 1 aromatic carbocycles. The molecule has 7 heteroatoms. The monoisotopic (exact) mass is 363 g/mol. The molecule has 3 nitrogen and oxygen atoms in total. The fourth-order valence-corrected chi connectivity index (χ4v) is 3.26. The predicted octanol–water partition coefficient (Wildman–Crippen LogP) is 4.63. The van der Waals surface area contributed by atoms with E-state index in [1.165, 1.54) is 6.07 Å². The first-order valence-electron chi connectivity index (χ1n) is 8.22. The number of likely N-dealkylation sites (tertiary alicyclic amines) is 1. The Morgan fingerprint density at radius 1 is 1.25 bits per heavy atom. The highest BCUT2D eigenvalue weighted by molar-refractivity contribution is 7.80. The Kier molecular flexibility index (Phi) is 6.98. The standard InChI is InChI=1S/C17H24F3NO2S/c1-3-22-16(23-4-2)14-10-13(17(18,19)20)8-7-12(14)11-21-9-5-6-15(21)24/h7-8,10,15-16,24H,3-6,9,11H2,1-2H3. The van der Waals surface area contributed by atoms with E-state index in [2.05, 4.69) is 17.5 Å². The van der Waals surface area contributed by atoms with Gasteiger partial charge in [-0.3, -0.25) is 4.90 Å². The first-order valence-corrected chi connectivity index (χ1v) is 8.73. The van der Waals surface area contributed by atoms with Gasteiger partial charge in [-0.15, -0.1) is 0 Å². The Bertz CT molecular complexity index is 533. The van der Waals surface area contributed by atoms with Gasteiger partial charge in [0.1, 0.15) is 0 Å². The minimum absolute atomic E-state index is 0.137. The summed E-state index contributed by atoms with van der Waals surface area (Å²) in [7, 11) is 0. The summed E-state index contributed by atoms with van der Waals surface area (Å²) in [5.74, 6) is 0. The van der Waals surface area contributed by atoms with E-state index in [-0.39, 0.29) is 5.37 Å². The molecule has 1 aliphatic heterocycles. The van der Waals surface area contributed by atoms with Crippen LogP contribution in [0.5, 0.6) is 0 Å². The van der Waals surface area contributed by atoms with E-state index < -0.39 is 18.0 Å². The fourth-order valence-electron chi connectivity index (χ4n) is 2.88. The van der Waals surface area contributed by atoms with Crippen molar-refractivity contribution in [3.8, 4) is 0 Å². The van der Waals surface area contributed by atoms with Crippen molar-refractivity contribution in [3.63, 3.8) is 0 Å². The van der Waals surface area contributed by atoms with E-state index >= 15 is 0 Å². The molecule has 1 fully saturated rings. The molecular formula is C17H24F3NO2S. The van der Waals surface area contributed by atoms with Gasteiger partial charge < -0.3 is 9.47 Å². The van der Waals surface area contributed by atoms with Gasteiger partial charge in [-0.25, -0.2) is 0 Å². The highest BCUT2D eigenvalue weighted by Crippen LogP contribution is 2.34. The zero-order valence-electron chi connectivity index (χ0n) is 14.0. The van der Waals surface area contributed by atoms with Gasteiger partial charge in [0.15, 0.2) is 6.29 Å². The van der Waals surface area contributed by atoms with Crippen molar-refractivity contribution in [1.29, 1.82) is 0 Å². The Labute approximate surface area is 146 Å². The number of halogens is 3. The maximum Gasteiger partial charge on any atom is 0.416 e. The van der Waals surface area contributed by atoms with Crippen molar-refractivity contribution < 1.29 is 22.6 Å². The second-order valence-electron chi connectivity index (χ2n) is 5.75. The minimum Gasteiger partial charge on any atom is -0.349 e. The number of ether oxygens (including phenoxy) is 2. The van der Waals surface area contributed by atoms with Crippen LogP contribution in [0.25, 0.3) is 0 Å². The number of hydrogen-bond donors (Lipinski definition) is 1. The van der Waals surface area contributed by atoms with E-state index in [0.717, 1.165) is 37.1 Å². The average Bonchev–Trinajstić information content (AvgIpc) is 2.91. The summed E-state index contributed by atoms with van der Waals surface area (Å²) < 4.78 is 50.4. The van der Waals surface area contributed by atoms with Crippen molar-refractivity contribution >= 4 is 12.6 Å². The largest absolute Gasteiger partial charge is 0.416 e. The summed E-state index contributed by atoms with van der Waals surface area (Å²) in [6.45, 7) is 5.74. The smallest absolute Gasteiger partial charge is 0.349 e. The Morgan fingerprint density at radius 3 is 2.42 bits per heavy atom. The summed E-state index contributed by atoms with van der Waals surface area (Å²) >= 11 is 4.54. The average molecular weight is 363 g/mol. The van der Waals surface area contributed by atoms with Gasteiger partial charge in [-0.05, 0) is 50.9 Å². The normalized spacial score (nSPS) is 19.4. The predicted molar refractivity (Wildman–Crippen MR) is 89.9 cm³/mol. The molecule has 0 radical (unpaired) electrons. The van der Waals surface area contributed by atoms with Crippen LogP contribution in [0, 0.1) is 0 Å². The summed E-state index contributed by atoms with van der Waals surface area (Å²) in [6, 6.07) is 3.80. The van der Waals surface area contributed by atoms with Gasteiger partial charge in [0.25, 0.3) is 0 Å². The molecule has 1 saturated heterocycles. The van der Waals surface area contributed by atoms with Crippen molar-refractivity contribution in [3.05, 3.63) is 34.9 Å². The molecule has 2 rings (SSSR count). The highest BCUT2D eigenvalue weighted by Gasteiger charge is 2.33. The molecule has 0 aliphatic carbocycles. The van der Waals surface area contributed by atoms with Gasteiger partial charge >= 0.3 is 6.18 Å². The topological polar surface area (TPSA) is 21.7 Å². The van der Waals surface area contributed by atoms with Crippen LogP contribution in [0.4, 0.5) is 13.2 Å². The van der Waals surface area contributed by atoms with Gasteiger partial charge in [0.2, 0.25) is 0 Å². The van der Waals surface area contributed by atoms with Crippen molar-refractivity contribution in [2.24, 2.45) is 0 Å². The molecule has 1 atom stereocenters. The lowest BCUT2D eigenvalue weighted by Gasteiger charge is -2.26. The van der Waals surface area contributed by atoms with E-state index in [1.807, 2.05) is 0 Å². The molecule has 0 aromatic heterocycles. The van der Waals surface area contributed by atoms with Crippen LogP contribution < -0.4 is 0 Å². The fraction of sp³-hybridized carbons (Fsp3) is 0.647. The summed E-state index contributed by atoms with van der Waals surface area (Å²) in [4.78, 5) is 2.16. The molecule has 0 N–H and O–H groups in total. The zero-order chi connectivity index (χ0) is 17.7. The number of rotatable bonds is 7. The lowest BCUT2D eigenvalue weighted by atomic mass is 10.0. The Morgan fingerprint density at radius 2 is 1.92 bits per heavy atom. The van der Waals surface area contributed by atoms with Crippen LogP contribution in [0.15, 0.2) is 18.2 Å². The molecule has 0 spiro atoms. The molecule has 0 amide bonds. The number of nitrogens with zero attached hydrogens (tertiary/aromatic N) is 1. The summed E-state index contributed by atoms with van der Waals surface area (Å²) in [6.07, 6.45) is -3.15. The second-order valence-corrected chi connectivity index (χ2v) is 6.34. The van der Waals surface area contributed by atoms with Crippen molar-refractivity contribution in [1.82, 2.24) is 4.90 Å². The van der Waals surface area contributed by atoms with E-state index in [0.29, 0.717) is 25.3 Å². The maximum absolute atomic E-state index is 13.1. The Hall–Kier alpha value is -0.760. The van der Waals surface area contributed by atoms with Gasteiger partial charge in [-0.1, -0.05) is 6.07 Å². The zero-order valence-corrected chi connectivity index (χ0v) is 14.9. The summed E-state index contributed by atoms with van der Waals surface area (Å²) in [5.41, 5.74) is 0.548. The molecule has 1 heterocycles. The SMILES string of the molecule is CCOC(OCC)c1cc(C(F)(F)F)ccc1CN1CCCC1S. The minimum atomic E-state index is -4.39. The van der Waals surface area contributed by atoms with Crippen LogP contribution in [-0.4, -0.2) is 30.0 Å². The first-order chi connectivity index (χ1) is 11.4. The molecule has 0 bridgehead atoms. The number of benzene rings is 1. The van der Waals surface area contributed by atoms with Crippen LogP contribution in [0.1, 0.15) is 49.7 Å². The molecule has 1 aliphatic rings. The van der Waals surface area contributed by atoms with Gasteiger partial charge in [0, 0.05) is 25.3 Å². The van der Waals surface area contributed by atoms with Crippen LogP contribution >= 0.6 is 12.6 Å². The van der Waals surface area contributed by atoms with Crippen molar-refractivity contribution in [2.75, 3.05) is 19.8 Å². The highest BCUT2D eigenvalue weighted by atomic mass is 32.1. The molecule has 24 heavy (non-hydrogen) atoms. The number of hydrogen-bond acceptors (Lipinski definition) is 4. The van der Waals surface area contributed by atoms with Crippen LogP contribution in [0.3, 0.4) is 0 Å². The third-order valence-corrected chi connectivity index (χ3v) is 4.65. The quantitative estimate of drug-likeness (QED) is 0.564. The lowest BCUT2D eigenvalue weighted by molar-refractivity contribution is -0.144. The lowest BCUT2D eigenvalue weighted by Crippen LogP contribution is -2.26. The Balaban J connectivity index is 2.36. The van der Waals surface area contributed by atoms with Crippen LogP contribution in [0.2, 0.25) is 0 Å². The third-order valence-electron chi connectivity index (χ3n) is 4.07. The molecule has 0 saturated carbocycles. The van der Waals surface area contributed by atoms with E-state index in [4.69, 9.17) is 9.47 Å². The third kappa shape index (κ3) is 4.88. The van der Waals surface area contributed by atoms with E-state index in [9.17, 15) is 13.2 Å². The summed E-state index contributed by atoms with van der Waals surface area (Å²) in [5, 5.41) is 0.137. The molecule has 136 valence electrons. The van der Waals surface area contributed by atoms with Crippen molar-refractivity contribution in [2.45, 2.75) is 51.1 Å². The van der Waals surface area contributed by atoms with E-state index in [1.54, 1.807) is 13.8 Å². The van der Waals surface area contributed by atoms with Crippen LogP contribution in [-0.2, 0) is 22.2 Å². The number of thiol groups is 1. The molecule has 1 aromatic rings. The molecular weight excluding hydrogens is 339 g/mol. The second kappa shape index (κ2) is 8.56. The number of alkyl halides is 3. The van der Waals surface area contributed by atoms with Gasteiger partial charge in [-0.2, -0.15) is 25.8 Å².